The zero-order valence-electron chi connectivity index (χ0n) is 48.5. The minimum absolute atomic E-state index is 0.00635. The molecule has 3 atom stereocenters. The van der Waals surface area contributed by atoms with Gasteiger partial charge in [-0.3, -0.25) is 19.1 Å². The predicted octanol–water partition coefficient (Wildman–Crippen LogP) is 8.61. The molecule has 1 aromatic heterocycles. The van der Waals surface area contributed by atoms with Gasteiger partial charge in [0.1, 0.15) is 52.0 Å². The molecule has 1 saturated heterocycles. The maximum atomic E-state index is 15.5. The van der Waals surface area contributed by atoms with Gasteiger partial charge < -0.3 is 43.9 Å². The summed E-state index contributed by atoms with van der Waals surface area (Å²) in [6.45, 7) is 3.67. The number of carbonyl (C=O) groups is 1. The molecule has 19 heteroatoms. The van der Waals surface area contributed by atoms with Crippen LogP contribution in [-0.4, -0.2) is 106 Å². The highest BCUT2D eigenvalue weighted by Crippen LogP contribution is 2.64. The molecule has 0 bridgehead atoms. The number of H-pyrrole nitrogens is 1. The summed E-state index contributed by atoms with van der Waals surface area (Å²) in [5, 5.41) is 14.9. The Morgan fingerprint density at radius 2 is 1.37 bits per heavy atom. The number of ether oxygens (including phenoxy) is 5. The number of benzene rings is 6. The SMILES string of the molecule is COc1ccc(C(OC[C@H]2O[C@@H](n3cc(C#CCCC(=O)NCCN4C5(c6ccc(Cl)cc6S4(=O)=O)c4cc6c7c(c4Oc4c5cc5c8c4CCCN8CCC5)CCCN7CCC6)c(=O)[nH]c3=O)CC2O)(c2ccccc2)c2ccc(OC)cc2)cc1. The molecule has 1 unspecified atom stereocenters. The smallest absolute Gasteiger partial charge is 0.330 e. The molecule has 1 amide bonds. The van der Waals surface area contributed by atoms with Crippen molar-refractivity contribution in [1.82, 2.24) is 19.2 Å². The summed E-state index contributed by atoms with van der Waals surface area (Å²) in [5.41, 5.74) is 7.66. The lowest BCUT2D eigenvalue weighted by Crippen LogP contribution is -2.50. The predicted molar refractivity (Wildman–Crippen MR) is 329 cm³/mol. The molecule has 1 spiro atoms. The summed E-state index contributed by atoms with van der Waals surface area (Å²) in [6, 6.07) is 34.5. The molecule has 14 rings (SSSR count). The number of rotatable bonds is 14. The standard InChI is InChI=1S/C68H67ClN6O11S/c1-82-49-25-20-46(21-26-49)68(45-15-4-3-5-16-45,47-22-27-50(83-2)28-23-47)84-41-57-56(76)39-60(85-57)74-40-44(65(78)71-66(74)79)12-6-7-19-59(77)70-30-35-75-67(53-29-24-48(69)38-58(53)87(75,80)81)54-36-42-13-8-31-72-33-10-17-51(61(42)72)63(54)86-64-52-18-11-34-73-32-9-14-43(62(52)73)37-55(64)67/h3-5,15-16,20-29,36-38,40,56-57,60,76H,7-11,13-14,17-19,30-35,39,41H2,1-2H3,(H,70,77)(H,71,78,79)/t56?,57-,60-/m1/s1. The van der Waals surface area contributed by atoms with Crippen molar-refractivity contribution < 1.29 is 42.0 Å². The summed E-state index contributed by atoms with van der Waals surface area (Å²) in [7, 11) is -1.05. The van der Waals surface area contributed by atoms with Gasteiger partial charge in [-0.15, -0.1) is 0 Å². The van der Waals surface area contributed by atoms with Gasteiger partial charge in [-0.25, -0.2) is 13.2 Å². The van der Waals surface area contributed by atoms with E-state index in [9.17, 15) is 19.5 Å². The Balaban J connectivity index is 0.706. The van der Waals surface area contributed by atoms with Crippen LogP contribution in [0.4, 0.5) is 11.4 Å². The number of nitrogens with one attached hydrogen (secondary N) is 2. The Bertz CT molecular complexity index is 4050. The second-order valence-corrected chi connectivity index (χ2v) is 25.8. The van der Waals surface area contributed by atoms with Crippen LogP contribution in [-0.2, 0) is 61.1 Å². The Kier molecular flexibility index (Phi) is 14.8. The molecule has 1 fully saturated rings. The van der Waals surface area contributed by atoms with Crippen molar-refractivity contribution in [1.29, 1.82) is 0 Å². The molecule has 8 heterocycles. The molecule has 3 N–H and O–H groups in total. The fourth-order valence-corrected chi connectivity index (χ4v) is 17.0. The number of halogens is 1. The zero-order chi connectivity index (χ0) is 59.8. The average molecular weight is 1210 g/mol. The minimum atomic E-state index is -4.25. The van der Waals surface area contributed by atoms with Crippen LogP contribution in [0.1, 0.15) is 112 Å². The number of fused-ring (bicyclic) bond motifs is 8. The molecule has 7 aliphatic heterocycles. The Morgan fingerprint density at radius 1 is 0.782 bits per heavy atom. The van der Waals surface area contributed by atoms with E-state index >= 15 is 8.42 Å². The second kappa shape index (κ2) is 22.7. The quantitative estimate of drug-likeness (QED) is 0.0693. The largest absolute Gasteiger partial charge is 0.497 e. The monoisotopic (exact) mass is 1210 g/mol. The van der Waals surface area contributed by atoms with Crippen LogP contribution in [0.15, 0.2) is 130 Å². The van der Waals surface area contributed by atoms with Gasteiger partial charge in [-0.2, -0.15) is 4.31 Å². The summed E-state index contributed by atoms with van der Waals surface area (Å²) < 4.78 is 65.6. The molecule has 87 heavy (non-hydrogen) atoms. The molecular formula is C68H67ClN6O11S. The number of aromatic amines is 1. The number of aliphatic hydroxyl groups excluding tert-OH is 1. The lowest BCUT2D eigenvalue weighted by atomic mass is 9.70. The van der Waals surface area contributed by atoms with Crippen LogP contribution in [0.3, 0.4) is 0 Å². The van der Waals surface area contributed by atoms with Gasteiger partial charge in [0.05, 0.1) is 31.8 Å². The first kappa shape index (κ1) is 56.9. The van der Waals surface area contributed by atoms with E-state index in [-0.39, 0.29) is 55.3 Å². The molecule has 7 aliphatic rings. The van der Waals surface area contributed by atoms with Gasteiger partial charge in [0, 0.05) is 109 Å². The number of amides is 1. The summed E-state index contributed by atoms with van der Waals surface area (Å²) in [4.78, 5) is 48.0. The number of carbonyl (C=O) groups excluding carboxylic acids is 1. The van der Waals surface area contributed by atoms with Crippen LogP contribution in [0, 0.1) is 11.8 Å². The number of aryl methyl sites for hydroxylation is 2. The maximum Gasteiger partial charge on any atom is 0.330 e. The van der Waals surface area contributed by atoms with E-state index in [0.29, 0.717) is 22.1 Å². The lowest BCUT2D eigenvalue weighted by Gasteiger charge is -2.48. The third-order valence-electron chi connectivity index (χ3n) is 18.7. The molecule has 7 aromatic rings. The van der Waals surface area contributed by atoms with E-state index in [1.54, 1.807) is 30.7 Å². The Hall–Kier alpha value is -7.89. The number of nitrogens with zero attached hydrogens (tertiary/aromatic N) is 4. The highest BCUT2D eigenvalue weighted by Gasteiger charge is 2.61. The first-order valence-electron chi connectivity index (χ1n) is 30.1. The van der Waals surface area contributed by atoms with Crippen LogP contribution in [0.25, 0.3) is 0 Å². The van der Waals surface area contributed by atoms with E-state index in [4.69, 9.17) is 35.3 Å². The van der Waals surface area contributed by atoms with Gasteiger partial charge >= 0.3 is 5.69 Å². The van der Waals surface area contributed by atoms with Gasteiger partial charge in [0.2, 0.25) is 15.9 Å². The number of sulfonamides is 1. The van der Waals surface area contributed by atoms with E-state index in [0.717, 1.165) is 128 Å². The zero-order valence-corrected chi connectivity index (χ0v) is 50.1. The van der Waals surface area contributed by atoms with E-state index in [1.807, 2.05) is 84.9 Å². The number of aliphatic hydroxyl groups is 1. The van der Waals surface area contributed by atoms with Gasteiger partial charge in [-0.1, -0.05) is 84.1 Å². The van der Waals surface area contributed by atoms with Crippen molar-refractivity contribution in [3.8, 4) is 34.8 Å². The highest BCUT2D eigenvalue weighted by atomic mass is 35.5. The average Bonchev–Trinajstić information content (AvgIpc) is 1.55. The van der Waals surface area contributed by atoms with Crippen LogP contribution < -0.4 is 40.6 Å². The fourth-order valence-electron chi connectivity index (χ4n) is 14.8. The molecule has 448 valence electrons. The number of anilines is 2. The summed E-state index contributed by atoms with van der Waals surface area (Å²) in [6.07, 6.45) is 5.58. The van der Waals surface area contributed by atoms with Gasteiger partial charge in [0.25, 0.3) is 5.56 Å². The Labute approximate surface area is 509 Å². The summed E-state index contributed by atoms with van der Waals surface area (Å²) >= 11 is 6.71. The Morgan fingerprint density at radius 3 is 1.97 bits per heavy atom. The third kappa shape index (κ3) is 9.51. The highest BCUT2D eigenvalue weighted by molar-refractivity contribution is 7.89. The fraction of sp³-hybridized carbons (Fsp3) is 0.368. The van der Waals surface area contributed by atoms with Crippen molar-refractivity contribution in [2.24, 2.45) is 0 Å². The van der Waals surface area contributed by atoms with Crippen molar-refractivity contribution in [2.45, 2.75) is 105 Å². The number of methoxy groups -OCH3 is 2. The van der Waals surface area contributed by atoms with Crippen LogP contribution in [0.5, 0.6) is 23.0 Å². The van der Waals surface area contributed by atoms with Crippen LogP contribution >= 0.6 is 11.6 Å². The topological polar surface area (TPSA) is 194 Å². The normalized spacial score (nSPS) is 20.0. The van der Waals surface area contributed by atoms with E-state index < -0.39 is 50.8 Å². The molecule has 0 saturated carbocycles. The molecule has 0 aliphatic carbocycles. The first-order valence-corrected chi connectivity index (χ1v) is 32.0. The molecule has 0 radical (unpaired) electrons. The van der Waals surface area contributed by atoms with Crippen molar-refractivity contribution >= 4 is 38.9 Å². The molecule has 17 nitrogen and oxygen atoms in total. The maximum absolute atomic E-state index is 15.5. The number of aromatic nitrogens is 2. The molecule has 6 aromatic carbocycles. The number of hydrogen-bond acceptors (Lipinski definition) is 13. The third-order valence-corrected chi connectivity index (χ3v) is 20.8. The van der Waals surface area contributed by atoms with Crippen LogP contribution in [0.2, 0.25) is 5.02 Å². The number of hydrogen-bond donors (Lipinski definition) is 3. The first-order chi connectivity index (χ1) is 42.3. The van der Waals surface area contributed by atoms with Gasteiger partial charge in [-0.05, 0) is 128 Å². The van der Waals surface area contributed by atoms with Crippen molar-refractivity contribution in [3.63, 3.8) is 0 Å². The summed E-state index contributed by atoms with van der Waals surface area (Å²) in [5.74, 6) is 8.21. The second-order valence-electron chi connectivity index (χ2n) is 23.5. The van der Waals surface area contributed by atoms with Gasteiger partial charge in [0.15, 0.2) is 0 Å². The lowest BCUT2D eigenvalue weighted by molar-refractivity contribution is -0.121. The van der Waals surface area contributed by atoms with Crippen molar-refractivity contribution in [3.05, 3.63) is 202 Å². The van der Waals surface area contributed by atoms with E-state index in [2.05, 4.69) is 44.1 Å². The molecular weight excluding hydrogens is 1140 g/mol. The van der Waals surface area contributed by atoms with Crippen molar-refractivity contribution in [2.75, 3.05) is 69.9 Å². The minimum Gasteiger partial charge on any atom is -0.497 e. The van der Waals surface area contributed by atoms with E-state index in [1.165, 1.54) is 33.3 Å².